The van der Waals surface area contributed by atoms with Gasteiger partial charge in [0.25, 0.3) is 0 Å². The van der Waals surface area contributed by atoms with E-state index in [9.17, 15) is 0 Å². The Labute approximate surface area is 729 Å². The Morgan fingerprint density at radius 3 is 0.770 bits per heavy atom. The molecule has 0 spiro atoms. The summed E-state index contributed by atoms with van der Waals surface area (Å²) in [4.78, 5) is 0. The van der Waals surface area contributed by atoms with Crippen LogP contribution in [0.5, 0.6) is 0 Å². The highest BCUT2D eigenvalue weighted by molar-refractivity contribution is 6.21. The lowest BCUT2D eigenvalue weighted by Crippen LogP contribution is -2.00. The van der Waals surface area contributed by atoms with Crippen LogP contribution in [0.2, 0.25) is 0 Å². The smallest absolute Gasteiger partial charge is 0.0548 e. The van der Waals surface area contributed by atoms with E-state index in [1.807, 2.05) is 0 Å². The second-order valence-corrected chi connectivity index (χ2v) is 33.4. The predicted octanol–water partition coefficient (Wildman–Crippen LogP) is 32.0. The summed E-state index contributed by atoms with van der Waals surface area (Å²) in [6.45, 7) is 0. The van der Waals surface area contributed by atoms with E-state index in [4.69, 9.17) is 0 Å². The Morgan fingerprint density at radius 2 is 0.381 bits per heavy atom. The second kappa shape index (κ2) is 29.6. The molecular formula is C121H79N5. The predicted molar refractivity (Wildman–Crippen MR) is 530 cm³/mol. The number of nitrogens with zero attached hydrogens (tertiary/aromatic N) is 5. The van der Waals surface area contributed by atoms with Crippen LogP contribution in [0.3, 0.4) is 0 Å². The van der Waals surface area contributed by atoms with E-state index >= 15 is 0 Å². The van der Waals surface area contributed by atoms with Crippen LogP contribution in [0.4, 0.5) is 0 Å². The van der Waals surface area contributed by atoms with Gasteiger partial charge in [0.2, 0.25) is 0 Å². The van der Waals surface area contributed by atoms with Crippen molar-refractivity contribution < 1.29 is 0 Å². The van der Waals surface area contributed by atoms with Gasteiger partial charge in [-0.2, -0.15) is 0 Å². The number of rotatable bonds is 12. The normalized spacial score (nSPS) is 12.5. The van der Waals surface area contributed by atoms with Crippen LogP contribution in [0.1, 0.15) is 22.6 Å². The maximum atomic E-state index is 2.49. The molecular weight excluding hydrogens is 1520 g/mol. The highest BCUT2D eigenvalue weighted by Gasteiger charge is 2.32. The molecule has 0 N–H and O–H groups in total. The minimum Gasteiger partial charge on any atom is -0.309 e. The van der Waals surface area contributed by atoms with Crippen LogP contribution < -0.4 is 0 Å². The van der Waals surface area contributed by atoms with Gasteiger partial charge in [0.05, 0.1) is 55.2 Å². The highest BCUT2D eigenvalue weighted by Crippen LogP contribution is 2.52. The Kier molecular flexibility index (Phi) is 17.0. The van der Waals surface area contributed by atoms with Crippen LogP contribution in [0, 0.1) is 0 Å². The number of para-hydroxylation sites is 4. The molecule has 0 aliphatic heterocycles. The number of fused-ring (bicyclic) bond motifs is 18. The molecule has 0 amide bonds. The molecule has 26 rings (SSSR count). The van der Waals surface area contributed by atoms with Gasteiger partial charge in [-0.05, 0) is 246 Å². The Hall–Kier alpha value is -16.6. The Balaban J connectivity index is 0.000000137. The molecule has 0 saturated carbocycles. The summed E-state index contributed by atoms with van der Waals surface area (Å²) in [6, 6.07) is 174. The molecule has 5 aromatic heterocycles. The van der Waals surface area contributed by atoms with Gasteiger partial charge in [0, 0.05) is 88.2 Å². The van der Waals surface area contributed by atoms with Gasteiger partial charge in [0.15, 0.2) is 0 Å². The largest absolute Gasteiger partial charge is 0.309 e. The lowest BCUT2D eigenvalue weighted by molar-refractivity contribution is 1.01. The minimum atomic E-state index is 0.161. The molecule has 1 aliphatic rings. The van der Waals surface area contributed by atoms with Crippen molar-refractivity contribution in [1.29, 1.82) is 0 Å². The third kappa shape index (κ3) is 11.9. The zero-order valence-electron chi connectivity index (χ0n) is 68.8. The van der Waals surface area contributed by atoms with Crippen LogP contribution in [-0.4, -0.2) is 22.8 Å². The van der Waals surface area contributed by atoms with E-state index < -0.39 is 0 Å². The molecule has 0 radical (unpaired) electrons. The maximum absolute atomic E-state index is 2.49. The first kappa shape index (κ1) is 72.2. The SMILES string of the molecule is c1ccc(-c2cccc(-n3c4ccccc4c4cc(-c5ccc6c(c5)c5cc7c(cc5n6-c5cccc(-c6ccccc6)c5)C(c5ccccc5)c5ccccc5-7)ccc43)c2)cc1.c1ccc(-c2cccc(-n3c4ccccc4c4cc(-c5ccc6c(c5)c5cc7c(cc5n6-c5cccc(-c6ccccc6)c5)c5ccccc5n7-c5ccccc5)ccc43)c2)cc1. The lowest BCUT2D eigenvalue weighted by atomic mass is 9.89. The quantitative estimate of drug-likeness (QED) is 0.116. The molecule has 0 fully saturated rings. The van der Waals surface area contributed by atoms with Gasteiger partial charge < -0.3 is 22.8 Å². The fourth-order valence-electron chi connectivity index (χ4n) is 20.7. The zero-order chi connectivity index (χ0) is 82.9. The monoisotopic (exact) mass is 1600 g/mol. The molecule has 1 unspecified atom stereocenters. The zero-order valence-corrected chi connectivity index (χ0v) is 68.8. The number of hydrogen-bond acceptors (Lipinski definition) is 0. The number of aromatic nitrogens is 5. The Bertz CT molecular complexity index is 8620. The molecule has 588 valence electrons. The lowest BCUT2D eigenvalue weighted by Gasteiger charge is -2.15. The molecule has 5 nitrogen and oxygen atoms in total. The molecule has 20 aromatic carbocycles. The average molecular weight is 1600 g/mol. The summed E-state index contributed by atoms with van der Waals surface area (Å²) in [5, 5.41) is 12.4. The van der Waals surface area contributed by atoms with Crippen molar-refractivity contribution in [3.8, 4) is 106 Å². The third-order valence-electron chi connectivity index (χ3n) is 26.4. The molecule has 1 aliphatic carbocycles. The van der Waals surface area contributed by atoms with Crippen molar-refractivity contribution in [2.75, 3.05) is 0 Å². The van der Waals surface area contributed by atoms with Crippen LogP contribution >= 0.6 is 0 Å². The van der Waals surface area contributed by atoms with Crippen LogP contribution in [0.15, 0.2) is 473 Å². The average Bonchev–Trinajstić information content (AvgIpc) is 1.56. The van der Waals surface area contributed by atoms with E-state index in [0.29, 0.717) is 0 Å². The Morgan fingerprint density at radius 1 is 0.127 bits per heavy atom. The molecule has 0 bridgehead atoms. The van der Waals surface area contributed by atoms with Gasteiger partial charge >= 0.3 is 0 Å². The first-order valence-electron chi connectivity index (χ1n) is 43.5. The number of benzene rings is 20. The van der Waals surface area contributed by atoms with Gasteiger partial charge in [-0.1, -0.05) is 322 Å². The first-order chi connectivity index (χ1) is 62.5. The summed E-state index contributed by atoms with van der Waals surface area (Å²) >= 11 is 0. The van der Waals surface area contributed by atoms with Crippen molar-refractivity contribution in [3.63, 3.8) is 0 Å². The summed E-state index contributed by atoms with van der Waals surface area (Å²) in [6.07, 6.45) is 0. The summed E-state index contributed by atoms with van der Waals surface area (Å²) in [7, 11) is 0. The van der Waals surface area contributed by atoms with E-state index in [1.54, 1.807) is 0 Å². The minimum absolute atomic E-state index is 0.161. The number of hydrogen-bond donors (Lipinski definition) is 0. The van der Waals surface area contributed by atoms with Gasteiger partial charge in [-0.15, -0.1) is 0 Å². The van der Waals surface area contributed by atoms with E-state index in [0.717, 1.165) is 28.4 Å². The topological polar surface area (TPSA) is 24.6 Å². The fraction of sp³-hybridized carbons (Fsp3) is 0.00826. The molecule has 0 saturated heterocycles. The van der Waals surface area contributed by atoms with E-state index in [1.165, 1.54) is 204 Å². The molecule has 5 heterocycles. The summed E-state index contributed by atoms with van der Waals surface area (Å²) in [5.74, 6) is 0.161. The van der Waals surface area contributed by atoms with Crippen molar-refractivity contribution in [2.45, 2.75) is 5.92 Å². The van der Waals surface area contributed by atoms with Crippen molar-refractivity contribution >= 4 is 109 Å². The summed E-state index contributed by atoms with van der Waals surface area (Å²) in [5.41, 5.74) is 38.9. The van der Waals surface area contributed by atoms with Crippen LogP contribution in [-0.2, 0) is 0 Å². The van der Waals surface area contributed by atoms with Gasteiger partial charge in [-0.3, -0.25) is 0 Å². The van der Waals surface area contributed by atoms with Crippen molar-refractivity contribution in [3.05, 3.63) is 490 Å². The molecule has 126 heavy (non-hydrogen) atoms. The first-order valence-corrected chi connectivity index (χ1v) is 43.5. The third-order valence-corrected chi connectivity index (χ3v) is 26.4. The fourth-order valence-corrected chi connectivity index (χ4v) is 20.7. The molecule has 1 atom stereocenters. The molecule has 25 aromatic rings. The summed E-state index contributed by atoms with van der Waals surface area (Å²) < 4.78 is 12.2. The van der Waals surface area contributed by atoms with Gasteiger partial charge in [-0.25, -0.2) is 0 Å². The standard InChI is InChI=1S/C61H40N2.C60H39N3/c1-4-16-40(17-5-1)43-22-14-24-47(34-43)62-57-29-13-12-27-50(57)53-36-45(30-32-58(53)62)46-31-33-59-54(37-46)55-38-52-49-26-10-11-28-51(49)61(42-20-8-3-9-21-42)56(52)39-60(55)63(59)48-25-15-23-44(35-48)41-18-6-2-7-19-41;1-4-16-40(17-5-1)42-20-14-24-47(34-42)62-56-29-13-10-26-49(56)51-36-44(30-32-57(51)62)45-31-33-58-52(37-45)54-39-59-53(50-27-11-12-28-55(50)61(59)46-22-8-3-9-23-46)38-60(54)63(58)48-25-15-21-43(35-48)41-18-6-2-7-19-41/h1-39,61H;1-39H. The van der Waals surface area contributed by atoms with Crippen LogP contribution in [0.25, 0.3) is 215 Å². The maximum Gasteiger partial charge on any atom is 0.0548 e. The van der Waals surface area contributed by atoms with E-state index in [2.05, 4.69) is 496 Å². The second-order valence-electron chi connectivity index (χ2n) is 33.4. The van der Waals surface area contributed by atoms with Gasteiger partial charge in [0.1, 0.15) is 0 Å². The highest BCUT2D eigenvalue weighted by atomic mass is 15.0. The van der Waals surface area contributed by atoms with Crippen molar-refractivity contribution in [1.82, 2.24) is 22.8 Å². The molecule has 5 heteroatoms. The van der Waals surface area contributed by atoms with Crippen molar-refractivity contribution in [2.24, 2.45) is 0 Å². The van der Waals surface area contributed by atoms with E-state index in [-0.39, 0.29) is 5.92 Å².